The van der Waals surface area contributed by atoms with Crippen molar-refractivity contribution >= 4 is 11.9 Å². The summed E-state index contributed by atoms with van der Waals surface area (Å²) in [5.41, 5.74) is -0.522. The van der Waals surface area contributed by atoms with Crippen molar-refractivity contribution < 1.29 is 19.1 Å². The van der Waals surface area contributed by atoms with Crippen LogP contribution in [0.2, 0.25) is 0 Å². The van der Waals surface area contributed by atoms with Gasteiger partial charge < -0.3 is 9.47 Å². The van der Waals surface area contributed by atoms with E-state index in [1.807, 2.05) is 0 Å². The first-order valence-corrected chi connectivity index (χ1v) is 4.26. The fourth-order valence-corrected chi connectivity index (χ4v) is 0.893. The summed E-state index contributed by atoms with van der Waals surface area (Å²) in [4.78, 5) is 22.0. The lowest BCUT2D eigenvalue weighted by molar-refractivity contribution is -0.158. The zero-order valence-corrected chi connectivity index (χ0v) is 8.12. The molecule has 1 heterocycles. The monoisotopic (exact) mass is 186 g/mol. The van der Waals surface area contributed by atoms with Gasteiger partial charge in [0.1, 0.15) is 12.7 Å². The lowest BCUT2D eigenvalue weighted by Gasteiger charge is -2.18. The van der Waals surface area contributed by atoms with Gasteiger partial charge in [-0.15, -0.1) is 0 Å². The number of cyclic esters (lactones) is 1. The van der Waals surface area contributed by atoms with Crippen molar-refractivity contribution in [3.8, 4) is 0 Å². The highest BCUT2D eigenvalue weighted by Gasteiger charge is 2.31. The molecule has 0 aliphatic carbocycles. The molecule has 0 bridgehead atoms. The van der Waals surface area contributed by atoms with Crippen molar-refractivity contribution in [2.24, 2.45) is 5.41 Å². The van der Waals surface area contributed by atoms with Gasteiger partial charge >= 0.3 is 11.9 Å². The molecule has 0 aromatic heterocycles. The van der Waals surface area contributed by atoms with Gasteiger partial charge in [-0.1, -0.05) is 0 Å². The van der Waals surface area contributed by atoms with Gasteiger partial charge in [0.15, 0.2) is 0 Å². The van der Waals surface area contributed by atoms with E-state index in [-0.39, 0.29) is 31.1 Å². The van der Waals surface area contributed by atoms with Gasteiger partial charge in [-0.2, -0.15) is 0 Å². The van der Waals surface area contributed by atoms with Crippen molar-refractivity contribution in [2.45, 2.75) is 33.3 Å². The van der Waals surface area contributed by atoms with E-state index in [4.69, 9.17) is 4.74 Å². The predicted molar refractivity (Wildman–Crippen MR) is 44.9 cm³/mol. The standard InChI is InChI=1S/C9H14O4/c1-9(2,3)8(11)13-6-4-7(10)12-5-6/h6H,4-5H2,1-3H3. The maximum Gasteiger partial charge on any atom is 0.311 e. The lowest BCUT2D eigenvalue weighted by Crippen LogP contribution is -2.28. The largest absolute Gasteiger partial charge is 0.462 e. The van der Waals surface area contributed by atoms with E-state index in [0.29, 0.717) is 0 Å². The summed E-state index contributed by atoms with van der Waals surface area (Å²) in [5.74, 6) is -0.595. The van der Waals surface area contributed by atoms with E-state index >= 15 is 0 Å². The van der Waals surface area contributed by atoms with Crippen LogP contribution in [0.15, 0.2) is 0 Å². The number of hydrogen-bond acceptors (Lipinski definition) is 4. The molecule has 1 aliphatic heterocycles. The molecule has 1 aliphatic rings. The van der Waals surface area contributed by atoms with E-state index in [0.717, 1.165) is 0 Å². The third-order valence-electron chi connectivity index (χ3n) is 1.71. The molecule has 0 aromatic rings. The summed E-state index contributed by atoms with van der Waals surface area (Å²) in [5, 5.41) is 0. The smallest absolute Gasteiger partial charge is 0.311 e. The zero-order chi connectivity index (χ0) is 10.1. The van der Waals surface area contributed by atoms with Crippen molar-refractivity contribution in [3.05, 3.63) is 0 Å². The number of hydrogen-bond donors (Lipinski definition) is 0. The van der Waals surface area contributed by atoms with E-state index < -0.39 is 5.41 Å². The minimum absolute atomic E-state index is 0.182. The first kappa shape index (κ1) is 10.0. The van der Waals surface area contributed by atoms with Crippen LogP contribution in [0.4, 0.5) is 0 Å². The predicted octanol–water partition coefficient (Wildman–Crippen LogP) is 0.891. The van der Waals surface area contributed by atoms with Crippen LogP contribution < -0.4 is 0 Å². The molecule has 1 atom stereocenters. The van der Waals surface area contributed by atoms with Gasteiger partial charge in [0, 0.05) is 0 Å². The molecule has 1 fully saturated rings. The molecule has 0 saturated carbocycles. The second-order valence-electron chi connectivity index (χ2n) is 4.16. The van der Waals surface area contributed by atoms with Crippen molar-refractivity contribution in [1.29, 1.82) is 0 Å². The first-order valence-electron chi connectivity index (χ1n) is 4.26. The van der Waals surface area contributed by atoms with E-state index in [2.05, 4.69) is 4.74 Å². The van der Waals surface area contributed by atoms with Crippen LogP contribution in [0, 0.1) is 5.41 Å². The molecule has 0 N–H and O–H groups in total. The lowest BCUT2D eigenvalue weighted by atomic mass is 9.97. The molecule has 13 heavy (non-hydrogen) atoms. The SMILES string of the molecule is CC(C)(C)C(=O)OC1COC(=O)C1. The van der Waals surface area contributed by atoms with Crippen molar-refractivity contribution in [1.82, 2.24) is 0 Å². The third-order valence-corrected chi connectivity index (χ3v) is 1.71. The maximum absolute atomic E-state index is 11.3. The Labute approximate surface area is 77.2 Å². The Kier molecular flexibility index (Phi) is 2.59. The second-order valence-corrected chi connectivity index (χ2v) is 4.16. The van der Waals surface area contributed by atoms with Gasteiger partial charge in [-0.05, 0) is 20.8 Å². The Morgan fingerprint density at radius 1 is 1.54 bits per heavy atom. The van der Waals surface area contributed by atoms with Crippen LogP contribution >= 0.6 is 0 Å². The van der Waals surface area contributed by atoms with Gasteiger partial charge in [-0.25, -0.2) is 0 Å². The van der Waals surface area contributed by atoms with E-state index in [1.54, 1.807) is 20.8 Å². The molecule has 1 unspecified atom stereocenters. The topological polar surface area (TPSA) is 52.6 Å². The molecule has 4 nitrogen and oxygen atoms in total. The summed E-state index contributed by atoms with van der Waals surface area (Å²) < 4.78 is 9.72. The number of rotatable bonds is 1. The minimum Gasteiger partial charge on any atom is -0.462 e. The molecule has 4 heteroatoms. The quantitative estimate of drug-likeness (QED) is 0.571. The first-order chi connectivity index (χ1) is 5.89. The second kappa shape index (κ2) is 3.36. The molecule has 1 saturated heterocycles. The summed E-state index contributed by atoms with van der Waals surface area (Å²) >= 11 is 0. The molecule has 74 valence electrons. The molecular weight excluding hydrogens is 172 g/mol. The zero-order valence-electron chi connectivity index (χ0n) is 8.12. The van der Waals surface area contributed by atoms with Crippen LogP contribution in [0.5, 0.6) is 0 Å². The molecule has 0 spiro atoms. The molecule has 0 amide bonds. The van der Waals surface area contributed by atoms with E-state index in [1.165, 1.54) is 0 Å². The Bertz CT molecular complexity index is 226. The number of ether oxygens (including phenoxy) is 2. The number of esters is 2. The maximum atomic E-state index is 11.3. The van der Waals surface area contributed by atoms with Gasteiger partial charge in [0.25, 0.3) is 0 Å². The molecule has 0 aromatic carbocycles. The van der Waals surface area contributed by atoms with Gasteiger partial charge in [0.05, 0.1) is 11.8 Å². The Morgan fingerprint density at radius 2 is 2.15 bits per heavy atom. The normalized spacial score (nSPS) is 22.7. The van der Waals surface area contributed by atoms with Crippen LogP contribution in [0.3, 0.4) is 0 Å². The van der Waals surface area contributed by atoms with Crippen LogP contribution in [-0.2, 0) is 19.1 Å². The third kappa shape index (κ3) is 2.72. The van der Waals surface area contributed by atoms with Gasteiger partial charge in [-0.3, -0.25) is 9.59 Å². The summed E-state index contributed by atoms with van der Waals surface area (Å²) in [7, 11) is 0. The average molecular weight is 186 g/mol. The highest BCUT2D eigenvalue weighted by atomic mass is 16.6. The highest BCUT2D eigenvalue weighted by molar-refractivity contribution is 5.77. The van der Waals surface area contributed by atoms with Crippen molar-refractivity contribution in [2.75, 3.05) is 6.61 Å². The summed E-state index contributed by atoms with van der Waals surface area (Å²) in [6.07, 6.45) is -0.207. The Hall–Kier alpha value is -1.06. The summed E-state index contributed by atoms with van der Waals surface area (Å²) in [6.45, 7) is 5.51. The van der Waals surface area contributed by atoms with Crippen molar-refractivity contribution in [3.63, 3.8) is 0 Å². The Morgan fingerprint density at radius 3 is 2.54 bits per heavy atom. The van der Waals surface area contributed by atoms with Crippen LogP contribution in [-0.4, -0.2) is 24.6 Å². The molecule has 1 rings (SSSR count). The minimum atomic E-state index is -0.522. The van der Waals surface area contributed by atoms with Crippen LogP contribution in [0.1, 0.15) is 27.2 Å². The van der Waals surface area contributed by atoms with E-state index in [9.17, 15) is 9.59 Å². The average Bonchev–Trinajstić information content (AvgIpc) is 2.33. The number of carbonyl (C=O) groups excluding carboxylic acids is 2. The molecular formula is C9H14O4. The number of carbonyl (C=O) groups is 2. The Balaban J connectivity index is 2.42. The molecule has 0 radical (unpaired) electrons. The van der Waals surface area contributed by atoms with Crippen LogP contribution in [0.25, 0.3) is 0 Å². The van der Waals surface area contributed by atoms with Gasteiger partial charge in [0.2, 0.25) is 0 Å². The highest BCUT2D eigenvalue weighted by Crippen LogP contribution is 2.19. The summed E-state index contributed by atoms with van der Waals surface area (Å²) in [6, 6.07) is 0. The fourth-order valence-electron chi connectivity index (χ4n) is 0.893. The fraction of sp³-hybridized carbons (Fsp3) is 0.778.